The van der Waals surface area contributed by atoms with Crippen molar-refractivity contribution in [1.29, 1.82) is 0 Å². The lowest BCUT2D eigenvalue weighted by atomic mass is 10.2. The minimum atomic E-state index is -3.07. The number of methoxy groups -OCH3 is 1. The molecule has 0 aliphatic carbocycles. The molecule has 0 N–H and O–H groups in total. The molecular formula is C11H17F2NO4. The van der Waals surface area contributed by atoms with E-state index in [1.807, 2.05) is 0 Å². The van der Waals surface area contributed by atoms with E-state index in [4.69, 9.17) is 4.74 Å². The average Bonchev–Trinajstić information content (AvgIpc) is 2.85. The summed E-state index contributed by atoms with van der Waals surface area (Å²) in [6.07, 6.45) is -1.78. The Morgan fingerprint density at radius 2 is 2.22 bits per heavy atom. The first kappa shape index (κ1) is 14.8. The zero-order chi connectivity index (χ0) is 13.5. The first-order valence-corrected chi connectivity index (χ1v) is 5.80. The Hall–Kier alpha value is -1.24. The van der Waals surface area contributed by atoms with Crippen LogP contribution in [-0.4, -0.2) is 56.1 Å². The van der Waals surface area contributed by atoms with Crippen LogP contribution in [0.5, 0.6) is 0 Å². The van der Waals surface area contributed by atoms with E-state index in [9.17, 15) is 18.4 Å². The maximum atomic E-state index is 12.4. The van der Waals surface area contributed by atoms with Gasteiger partial charge in [-0.2, -0.15) is 8.78 Å². The Labute approximate surface area is 104 Å². The Morgan fingerprint density at radius 1 is 1.50 bits per heavy atom. The molecule has 18 heavy (non-hydrogen) atoms. The van der Waals surface area contributed by atoms with Gasteiger partial charge in [-0.25, -0.2) is 0 Å². The molecule has 1 heterocycles. The predicted molar refractivity (Wildman–Crippen MR) is 58.2 cm³/mol. The summed E-state index contributed by atoms with van der Waals surface area (Å²) in [5, 5.41) is 0. The number of carbonyl (C=O) groups is 2. The van der Waals surface area contributed by atoms with Gasteiger partial charge in [-0.05, 0) is 12.8 Å². The fraction of sp³-hybridized carbons (Fsp3) is 0.818. The monoisotopic (exact) mass is 265 g/mol. The predicted octanol–water partition coefficient (Wildman–Crippen LogP) is 0.822. The fourth-order valence-electron chi connectivity index (χ4n) is 1.79. The van der Waals surface area contributed by atoms with E-state index in [0.29, 0.717) is 6.61 Å². The van der Waals surface area contributed by atoms with E-state index < -0.39 is 18.3 Å². The highest BCUT2D eigenvalue weighted by Crippen LogP contribution is 2.15. The lowest BCUT2D eigenvalue weighted by Crippen LogP contribution is -2.41. The van der Waals surface area contributed by atoms with Gasteiger partial charge in [0, 0.05) is 19.7 Å². The Morgan fingerprint density at radius 3 is 2.72 bits per heavy atom. The summed E-state index contributed by atoms with van der Waals surface area (Å²) in [4.78, 5) is 23.2. The summed E-state index contributed by atoms with van der Waals surface area (Å²) in [5.74, 6) is -1.80. The first-order chi connectivity index (χ1) is 8.54. The Kier molecular flexibility index (Phi) is 5.97. The third-order valence-corrected chi connectivity index (χ3v) is 2.76. The number of esters is 1. The molecule has 0 aromatic carbocycles. The minimum Gasteiger partial charge on any atom is -0.469 e. The van der Waals surface area contributed by atoms with Crippen molar-refractivity contribution in [3.63, 3.8) is 0 Å². The molecule has 1 saturated heterocycles. The van der Waals surface area contributed by atoms with Crippen molar-refractivity contribution in [3.8, 4) is 0 Å². The van der Waals surface area contributed by atoms with Crippen LogP contribution < -0.4 is 0 Å². The number of rotatable bonds is 6. The van der Waals surface area contributed by atoms with Gasteiger partial charge in [0.25, 0.3) is 5.91 Å². The summed E-state index contributed by atoms with van der Waals surface area (Å²) >= 11 is 0. The molecule has 1 unspecified atom stereocenters. The molecule has 0 aromatic rings. The van der Waals surface area contributed by atoms with Crippen LogP contribution in [0.4, 0.5) is 8.78 Å². The van der Waals surface area contributed by atoms with Crippen LogP contribution in [0.3, 0.4) is 0 Å². The summed E-state index contributed by atoms with van der Waals surface area (Å²) in [6.45, 7) is 0.605. The second kappa shape index (κ2) is 7.25. The van der Waals surface area contributed by atoms with Gasteiger partial charge < -0.3 is 14.4 Å². The largest absolute Gasteiger partial charge is 0.469 e. The molecule has 1 aliphatic rings. The normalized spacial score (nSPS) is 19.0. The van der Waals surface area contributed by atoms with Crippen molar-refractivity contribution < 1.29 is 27.8 Å². The number of halogens is 2. The Bertz CT molecular complexity index is 293. The summed E-state index contributed by atoms with van der Waals surface area (Å²) in [7, 11) is 1.21. The number of amides is 1. The quantitative estimate of drug-likeness (QED) is 0.667. The van der Waals surface area contributed by atoms with E-state index in [-0.39, 0.29) is 25.6 Å². The second-order valence-electron chi connectivity index (χ2n) is 4.05. The van der Waals surface area contributed by atoms with Gasteiger partial charge in [-0.3, -0.25) is 9.59 Å². The van der Waals surface area contributed by atoms with Crippen molar-refractivity contribution in [1.82, 2.24) is 4.90 Å². The number of nitrogens with zero attached hydrogens (tertiary/aromatic N) is 1. The van der Waals surface area contributed by atoms with Crippen LogP contribution >= 0.6 is 0 Å². The van der Waals surface area contributed by atoms with Gasteiger partial charge in [-0.15, -0.1) is 0 Å². The van der Waals surface area contributed by atoms with Gasteiger partial charge in [0.05, 0.1) is 19.6 Å². The molecule has 1 aliphatic heterocycles. The van der Waals surface area contributed by atoms with Crippen LogP contribution in [0.15, 0.2) is 0 Å². The van der Waals surface area contributed by atoms with E-state index in [2.05, 4.69) is 4.74 Å². The van der Waals surface area contributed by atoms with Gasteiger partial charge in [0.1, 0.15) is 0 Å². The first-order valence-electron chi connectivity index (χ1n) is 5.80. The van der Waals surface area contributed by atoms with Gasteiger partial charge in [0.2, 0.25) is 0 Å². The van der Waals surface area contributed by atoms with Crippen LogP contribution in [-0.2, 0) is 19.1 Å². The second-order valence-corrected chi connectivity index (χ2v) is 4.05. The molecule has 0 bridgehead atoms. The summed E-state index contributed by atoms with van der Waals surface area (Å²) < 4.78 is 34.5. The molecule has 1 fully saturated rings. The molecule has 7 heteroatoms. The van der Waals surface area contributed by atoms with Gasteiger partial charge in [-0.1, -0.05) is 0 Å². The molecule has 0 spiro atoms. The number of alkyl halides is 2. The molecule has 0 aromatic heterocycles. The standard InChI is InChI=1S/C11H17F2NO4/c1-17-9(15)4-5-14(11(16)10(12)13)7-8-3-2-6-18-8/h8,10H,2-7H2,1H3. The molecule has 1 rings (SSSR count). The summed E-state index contributed by atoms with van der Waals surface area (Å²) in [6, 6.07) is 0. The minimum absolute atomic E-state index is 0.0737. The maximum absolute atomic E-state index is 12.4. The third kappa shape index (κ3) is 4.56. The van der Waals surface area contributed by atoms with Crippen LogP contribution in [0.2, 0.25) is 0 Å². The highest BCUT2D eigenvalue weighted by molar-refractivity contribution is 5.80. The molecule has 1 amide bonds. The molecule has 1 atom stereocenters. The third-order valence-electron chi connectivity index (χ3n) is 2.76. The molecule has 0 radical (unpaired) electrons. The highest BCUT2D eigenvalue weighted by atomic mass is 19.3. The van der Waals surface area contributed by atoms with Crippen LogP contribution in [0.1, 0.15) is 19.3 Å². The Balaban J connectivity index is 2.50. The molecule has 0 saturated carbocycles. The maximum Gasteiger partial charge on any atom is 0.315 e. The zero-order valence-electron chi connectivity index (χ0n) is 10.2. The van der Waals surface area contributed by atoms with Crippen molar-refractivity contribution >= 4 is 11.9 Å². The van der Waals surface area contributed by atoms with Crippen molar-refractivity contribution in [3.05, 3.63) is 0 Å². The molecular weight excluding hydrogens is 248 g/mol. The number of hydrogen-bond acceptors (Lipinski definition) is 4. The van der Waals surface area contributed by atoms with Crippen LogP contribution in [0.25, 0.3) is 0 Å². The number of ether oxygens (including phenoxy) is 2. The van der Waals surface area contributed by atoms with Crippen molar-refractivity contribution in [2.45, 2.75) is 31.8 Å². The highest BCUT2D eigenvalue weighted by Gasteiger charge is 2.27. The smallest absolute Gasteiger partial charge is 0.315 e. The zero-order valence-corrected chi connectivity index (χ0v) is 10.2. The lowest BCUT2D eigenvalue weighted by molar-refractivity contribution is -0.146. The van der Waals surface area contributed by atoms with Crippen LogP contribution in [0, 0.1) is 0 Å². The SMILES string of the molecule is COC(=O)CCN(CC1CCCO1)C(=O)C(F)F. The number of hydrogen-bond donors (Lipinski definition) is 0. The van der Waals surface area contributed by atoms with Gasteiger partial charge in [0.15, 0.2) is 0 Å². The summed E-state index contributed by atoms with van der Waals surface area (Å²) in [5.41, 5.74) is 0. The molecule has 104 valence electrons. The van der Waals surface area contributed by atoms with E-state index in [1.54, 1.807) is 0 Å². The van der Waals surface area contributed by atoms with Gasteiger partial charge >= 0.3 is 12.4 Å². The topological polar surface area (TPSA) is 55.8 Å². The average molecular weight is 265 g/mol. The van der Waals surface area contributed by atoms with E-state index >= 15 is 0 Å². The van der Waals surface area contributed by atoms with Crippen molar-refractivity contribution in [2.75, 3.05) is 26.8 Å². The van der Waals surface area contributed by atoms with E-state index in [1.165, 1.54) is 7.11 Å². The lowest BCUT2D eigenvalue weighted by Gasteiger charge is -2.24. The number of carbonyl (C=O) groups excluding carboxylic acids is 2. The fourth-order valence-corrected chi connectivity index (χ4v) is 1.79. The molecule has 5 nitrogen and oxygen atoms in total. The van der Waals surface area contributed by atoms with E-state index in [0.717, 1.165) is 17.7 Å². The van der Waals surface area contributed by atoms with Crippen molar-refractivity contribution in [2.24, 2.45) is 0 Å².